The Kier molecular flexibility index (Phi) is 3.02. The SMILES string of the molecule is Nc1ccc2c(cnn2CC=Cc2ccccc2)c1. The first-order chi connectivity index (χ1) is 9.33. The van der Waals surface area contributed by atoms with E-state index >= 15 is 0 Å². The second-order valence-corrected chi connectivity index (χ2v) is 4.46. The number of allylic oxidation sites excluding steroid dienone is 1. The molecular formula is C16H15N3. The Hall–Kier alpha value is -2.55. The third-order valence-electron chi connectivity index (χ3n) is 3.05. The van der Waals surface area contributed by atoms with Gasteiger partial charge >= 0.3 is 0 Å². The van der Waals surface area contributed by atoms with Crippen molar-refractivity contribution in [1.82, 2.24) is 9.78 Å². The Morgan fingerprint density at radius 2 is 1.95 bits per heavy atom. The lowest BCUT2D eigenvalue weighted by atomic mass is 10.2. The number of anilines is 1. The van der Waals surface area contributed by atoms with Gasteiger partial charge in [-0.25, -0.2) is 0 Å². The van der Waals surface area contributed by atoms with Gasteiger partial charge in [0.2, 0.25) is 0 Å². The average molecular weight is 249 g/mol. The highest BCUT2D eigenvalue weighted by Gasteiger charge is 2.00. The van der Waals surface area contributed by atoms with Crippen molar-refractivity contribution in [3.63, 3.8) is 0 Å². The van der Waals surface area contributed by atoms with Crippen LogP contribution in [-0.2, 0) is 6.54 Å². The van der Waals surface area contributed by atoms with Gasteiger partial charge < -0.3 is 5.73 Å². The topological polar surface area (TPSA) is 43.8 Å². The highest BCUT2D eigenvalue weighted by atomic mass is 15.3. The van der Waals surface area contributed by atoms with Crippen LogP contribution in [0.1, 0.15) is 5.56 Å². The Labute approximate surface area is 112 Å². The van der Waals surface area contributed by atoms with Crippen molar-refractivity contribution in [2.75, 3.05) is 5.73 Å². The summed E-state index contributed by atoms with van der Waals surface area (Å²) in [6.45, 7) is 0.752. The number of nitrogen functional groups attached to an aromatic ring is 1. The summed E-state index contributed by atoms with van der Waals surface area (Å²) >= 11 is 0. The summed E-state index contributed by atoms with van der Waals surface area (Å²) in [4.78, 5) is 0. The van der Waals surface area contributed by atoms with Gasteiger partial charge in [0.05, 0.1) is 18.3 Å². The highest BCUT2D eigenvalue weighted by Crippen LogP contribution is 2.17. The molecule has 0 atom stereocenters. The second-order valence-electron chi connectivity index (χ2n) is 4.46. The van der Waals surface area contributed by atoms with Gasteiger partial charge in [0.1, 0.15) is 0 Å². The standard InChI is InChI=1S/C16H15N3/c17-15-8-9-16-14(11-15)12-18-19(16)10-4-7-13-5-2-1-3-6-13/h1-9,11-12H,10,17H2. The van der Waals surface area contributed by atoms with Gasteiger partial charge in [-0.3, -0.25) is 4.68 Å². The van der Waals surface area contributed by atoms with Gasteiger partial charge in [-0.1, -0.05) is 42.5 Å². The molecule has 0 aliphatic carbocycles. The molecule has 0 aliphatic heterocycles. The lowest BCUT2D eigenvalue weighted by molar-refractivity contribution is 0.730. The molecule has 3 rings (SSSR count). The van der Waals surface area contributed by atoms with Crippen LogP contribution in [0.4, 0.5) is 5.69 Å². The fourth-order valence-electron chi connectivity index (χ4n) is 2.10. The summed E-state index contributed by atoms with van der Waals surface area (Å²) in [5.74, 6) is 0. The van der Waals surface area contributed by atoms with E-state index in [0.29, 0.717) is 0 Å². The van der Waals surface area contributed by atoms with Crippen molar-refractivity contribution in [2.24, 2.45) is 0 Å². The Bertz CT molecular complexity index is 711. The van der Waals surface area contributed by atoms with Gasteiger partial charge in [-0.05, 0) is 23.8 Å². The molecule has 3 heteroatoms. The minimum atomic E-state index is 0.752. The van der Waals surface area contributed by atoms with Crippen molar-refractivity contribution < 1.29 is 0 Å². The van der Waals surface area contributed by atoms with Crippen molar-refractivity contribution >= 4 is 22.7 Å². The fraction of sp³-hybridized carbons (Fsp3) is 0.0625. The maximum Gasteiger partial charge on any atom is 0.0687 e. The number of rotatable bonds is 3. The van der Waals surface area contributed by atoms with E-state index in [2.05, 4.69) is 29.4 Å². The first-order valence-electron chi connectivity index (χ1n) is 6.25. The third-order valence-corrected chi connectivity index (χ3v) is 3.05. The van der Waals surface area contributed by atoms with Gasteiger partial charge in [-0.2, -0.15) is 5.10 Å². The first-order valence-corrected chi connectivity index (χ1v) is 6.25. The van der Waals surface area contributed by atoms with Crippen LogP contribution in [0.15, 0.2) is 60.8 Å². The van der Waals surface area contributed by atoms with Crippen LogP contribution < -0.4 is 5.73 Å². The summed E-state index contributed by atoms with van der Waals surface area (Å²) < 4.78 is 1.97. The maximum atomic E-state index is 5.76. The Balaban J connectivity index is 1.81. The molecule has 19 heavy (non-hydrogen) atoms. The van der Waals surface area contributed by atoms with E-state index in [1.54, 1.807) is 0 Å². The van der Waals surface area contributed by atoms with Gasteiger partial charge in [0.25, 0.3) is 0 Å². The molecule has 0 spiro atoms. The van der Waals surface area contributed by atoms with E-state index in [9.17, 15) is 0 Å². The largest absolute Gasteiger partial charge is 0.399 e. The zero-order valence-electron chi connectivity index (χ0n) is 10.5. The van der Waals surface area contributed by atoms with E-state index in [1.807, 2.05) is 47.3 Å². The van der Waals surface area contributed by atoms with Crippen molar-refractivity contribution in [2.45, 2.75) is 6.54 Å². The first kappa shape index (κ1) is 11.5. The van der Waals surface area contributed by atoms with Crippen molar-refractivity contribution in [3.05, 3.63) is 66.4 Å². The fourth-order valence-corrected chi connectivity index (χ4v) is 2.10. The molecule has 0 radical (unpaired) electrons. The van der Waals surface area contributed by atoms with Crippen LogP contribution in [-0.4, -0.2) is 9.78 Å². The molecule has 3 aromatic rings. The van der Waals surface area contributed by atoms with Crippen LogP contribution in [0.5, 0.6) is 0 Å². The Morgan fingerprint density at radius 3 is 2.79 bits per heavy atom. The van der Waals surface area contributed by atoms with E-state index < -0.39 is 0 Å². The minimum Gasteiger partial charge on any atom is -0.399 e. The molecule has 0 aliphatic rings. The molecule has 0 saturated heterocycles. The van der Waals surface area contributed by atoms with Crippen LogP contribution in [0.2, 0.25) is 0 Å². The van der Waals surface area contributed by atoms with Crippen LogP contribution in [0.25, 0.3) is 17.0 Å². The van der Waals surface area contributed by atoms with E-state index in [-0.39, 0.29) is 0 Å². The monoisotopic (exact) mass is 249 g/mol. The molecule has 2 aromatic carbocycles. The molecule has 3 nitrogen and oxygen atoms in total. The maximum absolute atomic E-state index is 5.76. The van der Waals surface area contributed by atoms with E-state index in [0.717, 1.165) is 23.1 Å². The molecule has 0 bridgehead atoms. The van der Waals surface area contributed by atoms with Crippen molar-refractivity contribution in [3.8, 4) is 0 Å². The second kappa shape index (κ2) is 4.98. The normalized spacial score (nSPS) is 11.4. The molecule has 1 heterocycles. The minimum absolute atomic E-state index is 0.752. The van der Waals surface area contributed by atoms with E-state index in [4.69, 9.17) is 5.73 Å². The average Bonchev–Trinajstić information content (AvgIpc) is 2.82. The number of aromatic nitrogens is 2. The molecule has 1 aromatic heterocycles. The smallest absolute Gasteiger partial charge is 0.0687 e. The summed E-state index contributed by atoms with van der Waals surface area (Å²) in [7, 11) is 0. The third kappa shape index (κ3) is 2.50. The lowest BCUT2D eigenvalue weighted by Gasteiger charge is -2.00. The molecule has 0 amide bonds. The predicted octanol–water partition coefficient (Wildman–Crippen LogP) is 3.33. The Morgan fingerprint density at radius 1 is 1.11 bits per heavy atom. The molecule has 0 fully saturated rings. The van der Waals surface area contributed by atoms with Crippen LogP contribution in [0.3, 0.4) is 0 Å². The summed E-state index contributed by atoms with van der Waals surface area (Å²) in [6, 6.07) is 16.1. The zero-order valence-corrected chi connectivity index (χ0v) is 10.5. The number of nitrogens with two attached hydrogens (primary N) is 1. The zero-order chi connectivity index (χ0) is 13.1. The summed E-state index contributed by atoms with van der Waals surface area (Å²) in [6.07, 6.45) is 6.06. The van der Waals surface area contributed by atoms with Crippen LogP contribution in [0, 0.1) is 0 Å². The van der Waals surface area contributed by atoms with E-state index in [1.165, 1.54) is 5.56 Å². The predicted molar refractivity (Wildman–Crippen MR) is 79.6 cm³/mol. The number of benzene rings is 2. The van der Waals surface area contributed by atoms with Gasteiger partial charge in [0.15, 0.2) is 0 Å². The van der Waals surface area contributed by atoms with Crippen molar-refractivity contribution in [1.29, 1.82) is 0 Å². The highest BCUT2D eigenvalue weighted by molar-refractivity contribution is 5.81. The quantitative estimate of drug-likeness (QED) is 0.723. The molecule has 0 unspecified atom stereocenters. The number of hydrogen-bond acceptors (Lipinski definition) is 2. The number of nitrogens with zero attached hydrogens (tertiary/aromatic N) is 2. The van der Waals surface area contributed by atoms with Gasteiger partial charge in [-0.15, -0.1) is 0 Å². The van der Waals surface area contributed by atoms with Gasteiger partial charge in [0, 0.05) is 11.1 Å². The molecule has 0 saturated carbocycles. The summed E-state index contributed by atoms with van der Waals surface area (Å²) in [5, 5.41) is 5.45. The molecular weight excluding hydrogens is 234 g/mol. The molecule has 94 valence electrons. The van der Waals surface area contributed by atoms with Crippen LogP contribution >= 0.6 is 0 Å². The summed E-state index contributed by atoms with van der Waals surface area (Å²) in [5.41, 5.74) is 8.83. The number of fused-ring (bicyclic) bond motifs is 1. The lowest BCUT2D eigenvalue weighted by Crippen LogP contribution is -1.96. The number of hydrogen-bond donors (Lipinski definition) is 1. The molecule has 2 N–H and O–H groups in total.